The number of amides is 1. The normalized spacial score (nSPS) is 12.5. The van der Waals surface area contributed by atoms with Crippen molar-refractivity contribution in [2.75, 3.05) is 11.9 Å². The van der Waals surface area contributed by atoms with Crippen LogP contribution in [-0.4, -0.2) is 35.6 Å². The molecule has 0 aromatic rings. The highest BCUT2D eigenvalue weighted by molar-refractivity contribution is 9.09. The first-order valence-electron chi connectivity index (χ1n) is 5.13. The fourth-order valence-electron chi connectivity index (χ4n) is 0.852. The molecule has 0 fully saturated rings. The van der Waals surface area contributed by atoms with E-state index in [0.717, 1.165) is 0 Å². The Balaban J connectivity index is 4.25. The summed E-state index contributed by atoms with van der Waals surface area (Å²) < 4.78 is 9.84. The van der Waals surface area contributed by atoms with Gasteiger partial charge in [-0.15, -0.1) is 0 Å². The van der Waals surface area contributed by atoms with Crippen LogP contribution < -0.4 is 5.32 Å². The molecule has 0 bridgehead atoms. The number of carbonyl (C=O) groups is 2. The molecule has 0 unspecified atom stereocenters. The number of carbonyl (C=O) groups excluding carboxylic acids is 2. The van der Waals surface area contributed by atoms with Gasteiger partial charge in [0, 0.05) is 5.33 Å². The topological polar surface area (TPSA) is 64.6 Å². The summed E-state index contributed by atoms with van der Waals surface area (Å²) in [7, 11) is 0. The number of alkyl carbamates (subject to hydrolysis) is 1. The molecule has 1 amide bonds. The lowest BCUT2D eigenvalue weighted by Gasteiger charge is -2.22. The van der Waals surface area contributed by atoms with E-state index in [1.54, 1.807) is 20.8 Å². The van der Waals surface area contributed by atoms with E-state index in [1.807, 2.05) is 0 Å². The predicted molar refractivity (Wildman–Crippen MR) is 68.1 cm³/mol. The molecule has 0 aromatic carbocycles. The lowest BCUT2D eigenvalue weighted by atomic mass is 10.2. The van der Waals surface area contributed by atoms with Crippen LogP contribution in [0.15, 0.2) is 12.7 Å². The Morgan fingerprint density at radius 2 is 2.06 bits per heavy atom. The average Bonchev–Trinajstić information content (AvgIpc) is 2.19. The van der Waals surface area contributed by atoms with Crippen molar-refractivity contribution < 1.29 is 19.1 Å². The van der Waals surface area contributed by atoms with Crippen LogP contribution in [0.1, 0.15) is 20.8 Å². The van der Waals surface area contributed by atoms with Crippen molar-refractivity contribution in [3.05, 3.63) is 12.7 Å². The minimum absolute atomic E-state index is 0.109. The molecule has 0 radical (unpaired) electrons. The van der Waals surface area contributed by atoms with E-state index in [2.05, 4.69) is 27.8 Å². The Hall–Kier alpha value is -1.04. The second kappa shape index (κ2) is 7.32. The maximum absolute atomic E-state index is 11.5. The summed E-state index contributed by atoms with van der Waals surface area (Å²) in [5, 5.41) is 2.67. The van der Waals surface area contributed by atoms with E-state index in [-0.39, 0.29) is 11.9 Å². The second-order valence-electron chi connectivity index (χ2n) is 4.27. The van der Waals surface area contributed by atoms with E-state index in [0.29, 0.717) is 0 Å². The van der Waals surface area contributed by atoms with Gasteiger partial charge in [0.25, 0.3) is 0 Å². The monoisotopic (exact) mass is 307 g/mol. The van der Waals surface area contributed by atoms with Crippen LogP contribution in [0, 0.1) is 0 Å². The van der Waals surface area contributed by atoms with Gasteiger partial charge in [0.1, 0.15) is 18.2 Å². The fourth-order valence-corrected chi connectivity index (χ4v) is 1.28. The van der Waals surface area contributed by atoms with Gasteiger partial charge in [-0.2, -0.15) is 0 Å². The van der Waals surface area contributed by atoms with Crippen LogP contribution in [0.3, 0.4) is 0 Å². The summed E-state index contributed by atoms with van der Waals surface area (Å²) >= 11 is 3.12. The maximum Gasteiger partial charge on any atom is 0.408 e. The molecular formula is C11H18BrNO4. The molecule has 0 aromatic heterocycles. The third-order valence-electron chi connectivity index (χ3n) is 1.47. The molecule has 0 saturated carbocycles. The van der Waals surface area contributed by atoms with E-state index in [1.165, 1.54) is 6.08 Å². The summed E-state index contributed by atoms with van der Waals surface area (Å²) in [6, 6.07) is -0.773. The molecule has 0 spiro atoms. The van der Waals surface area contributed by atoms with Crippen molar-refractivity contribution in [1.29, 1.82) is 0 Å². The second-order valence-corrected chi connectivity index (χ2v) is 4.92. The quantitative estimate of drug-likeness (QED) is 0.479. The fraction of sp³-hybridized carbons (Fsp3) is 0.636. The molecule has 5 nitrogen and oxygen atoms in total. The van der Waals surface area contributed by atoms with E-state index in [9.17, 15) is 9.59 Å². The highest BCUT2D eigenvalue weighted by Crippen LogP contribution is 2.07. The third kappa shape index (κ3) is 7.79. The number of rotatable bonds is 5. The van der Waals surface area contributed by atoms with Gasteiger partial charge in [-0.3, -0.25) is 0 Å². The maximum atomic E-state index is 11.5. The van der Waals surface area contributed by atoms with Crippen molar-refractivity contribution in [3.63, 3.8) is 0 Å². The first kappa shape index (κ1) is 16.0. The van der Waals surface area contributed by atoms with Crippen LogP contribution in [0.5, 0.6) is 0 Å². The lowest BCUT2D eigenvalue weighted by molar-refractivity contribution is -0.144. The number of halogens is 1. The number of alkyl halides is 1. The van der Waals surface area contributed by atoms with Crippen molar-refractivity contribution in [1.82, 2.24) is 5.32 Å². The van der Waals surface area contributed by atoms with Gasteiger partial charge in [0.15, 0.2) is 0 Å². The molecule has 1 N–H and O–H groups in total. The summed E-state index contributed by atoms with van der Waals surface area (Å²) in [4.78, 5) is 22.9. The molecule has 17 heavy (non-hydrogen) atoms. The summed E-state index contributed by atoms with van der Waals surface area (Å²) in [5.74, 6) is -0.535. The van der Waals surface area contributed by atoms with Crippen molar-refractivity contribution in [3.8, 4) is 0 Å². The minimum Gasteiger partial charge on any atom is -0.460 e. The van der Waals surface area contributed by atoms with Gasteiger partial charge < -0.3 is 14.8 Å². The van der Waals surface area contributed by atoms with Crippen LogP contribution in [-0.2, 0) is 14.3 Å². The molecule has 1 atom stereocenters. The zero-order valence-electron chi connectivity index (χ0n) is 10.3. The Kier molecular flexibility index (Phi) is 6.87. The first-order valence-corrected chi connectivity index (χ1v) is 6.25. The first-order chi connectivity index (χ1) is 7.80. The standard InChI is InChI=1S/C11H18BrNO4/c1-5-6-16-9(14)8(7-12)13-10(15)17-11(2,3)4/h5,8H,1,6-7H2,2-4H3,(H,13,15)/t8-/m1/s1. The van der Waals surface area contributed by atoms with Gasteiger partial charge in [0.2, 0.25) is 0 Å². The highest BCUT2D eigenvalue weighted by Gasteiger charge is 2.24. The number of hydrogen-bond acceptors (Lipinski definition) is 4. The third-order valence-corrected chi connectivity index (χ3v) is 2.12. The van der Waals surface area contributed by atoms with E-state index < -0.39 is 23.7 Å². The van der Waals surface area contributed by atoms with Crippen LogP contribution in [0.4, 0.5) is 4.79 Å². The molecule has 0 aliphatic carbocycles. The molecule has 0 rings (SSSR count). The number of ether oxygens (including phenoxy) is 2. The highest BCUT2D eigenvalue weighted by atomic mass is 79.9. The van der Waals surface area contributed by atoms with Gasteiger partial charge in [-0.1, -0.05) is 28.6 Å². The minimum atomic E-state index is -0.773. The van der Waals surface area contributed by atoms with E-state index in [4.69, 9.17) is 9.47 Å². The van der Waals surface area contributed by atoms with Crippen molar-refractivity contribution in [2.45, 2.75) is 32.4 Å². The van der Waals surface area contributed by atoms with Gasteiger partial charge in [0.05, 0.1) is 0 Å². The number of esters is 1. The average molecular weight is 308 g/mol. The Morgan fingerprint density at radius 3 is 2.47 bits per heavy atom. The number of hydrogen-bond donors (Lipinski definition) is 1. The summed E-state index contributed by atoms with van der Waals surface area (Å²) in [6.45, 7) is 8.76. The van der Waals surface area contributed by atoms with Gasteiger partial charge in [-0.05, 0) is 20.8 Å². The Bertz CT molecular complexity index is 286. The lowest BCUT2D eigenvalue weighted by Crippen LogP contribution is -2.45. The zero-order chi connectivity index (χ0) is 13.5. The van der Waals surface area contributed by atoms with Crippen LogP contribution in [0.25, 0.3) is 0 Å². The van der Waals surface area contributed by atoms with Gasteiger partial charge in [-0.25, -0.2) is 9.59 Å². The molecular weight excluding hydrogens is 290 g/mol. The van der Waals surface area contributed by atoms with Crippen molar-refractivity contribution >= 4 is 28.0 Å². The predicted octanol–water partition coefficient (Wildman–Crippen LogP) is 2.00. The summed E-state index contributed by atoms with van der Waals surface area (Å²) in [6.07, 6.45) is 0.800. The molecule has 0 aliphatic rings. The van der Waals surface area contributed by atoms with Gasteiger partial charge >= 0.3 is 12.1 Å². The van der Waals surface area contributed by atoms with Crippen LogP contribution >= 0.6 is 15.9 Å². The largest absolute Gasteiger partial charge is 0.460 e. The molecule has 0 aliphatic heterocycles. The van der Waals surface area contributed by atoms with Crippen molar-refractivity contribution in [2.24, 2.45) is 0 Å². The summed E-state index contributed by atoms with van der Waals surface area (Å²) in [5.41, 5.74) is -0.605. The van der Waals surface area contributed by atoms with Crippen LogP contribution in [0.2, 0.25) is 0 Å². The molecule has 0 saturated heterocycles. The molecule has 98 valence electrons. The number of nitrogens with one attached hydrogen (secondary N) is 1. The SMILES string of the molecule is C=CCOC(=O)[C@@H](CBr)NC(=O)OC(C)(C)C. The Labute approximate surface area is 110 Å². The Morgan fingerprint density at radius 1 is 1.47 bits per heavy atom. The smallest absolute Gasteiger partial charge is 0.408 e. The van der Waals surface area contributed by atoms with E-state index >= 15 is 0 Å². The molecule has 0 heterocycles. The zero-order valence-corrected chi connectivity index (χ0v) is 11.9. The molecule has 6 heteroatoms.